The Morgan fingerprint density at radius 1 is 1.07 bits per heavy atom. The standard InChI is InChI=1S/C11H17N3/c1-2-4-9(5-3-1)11-13-12-8-14(11)10-6-7-10/h8-10H,1-7H2. The number of hydrogen-bond donors (Lipinski definition) is 0. The van der Waals surface area contributed by atoms with E-state index in [0.717, 1.165) is 6.04 Å². The van der Waals surface area contributed by atoms with Gasteiger partial charge in [0, 0.05) is 12.0 Å². The molecule has 2 aliphatic carbocycles. The average Bonchev–Trinajstić information content (AvgIpc) is 2.98. The minimum Gasteiger partial charge on any atom is -0.314 e. The highest BCUT2D eigenvalue weighted by atomic mass is 15.3. The van der Waals surface area contributed by atoms with E-state index in [4.69, 9.17) is 0 Å². The lowest BCUT2D eigenvalue weighted by atomic mass is 9.88. The Labute approximate surface area is 84.5 Å². The van der Waals surface area contributed by atoms with Gasteiger partial charge in [0.1, 0.15) is 12.2 Å². The molecule has 76 valence electrons. The fraction of sp³-hybridized carbons (Fsp3) is 0.818. The van der Waals surface area contributed by atoms with Gasteiger partial charge in [-0.05, 0) is 25.7 Å². The first-order valence-electron chi connectivity index (χ1n) is 5.84. The van der Waals surface area contributed by atoms with Crippen molar-refractivity contribution < 1.29 is 0 Å². The molecule has 2 saturated carbocycles. The summed E-state index contributed by atoms with van der Waals surface area (Å²) < 4.78 is 2.33. The molecular weight excluding hydrogens is 174 g/mol. The Hall–Kier alpha value is -0.860. The molecule has 1 heterocycles. The predicted molar refractivity (Wildman–Crippen MR) is 54.1 cm³/mol. The third-order valence-corrected chi connectivity index (χ3v) is 3.51. The van der Waals surface area contributed by atoms with Gasteiger partial charge in [-0.15, -0.1) is 10.2 Å². The molecule has 0 saturated heterocycles. The first-order valence-corrected chi connectivity index (χ1v) is 5.84. The second kappa shape index (κ2) is 3.37. The van der Waals surface area contributed by atoms with Gasteiger partial charge in [0.05, 0.1) is 0 Å². The SMILES string of the molecule is c1nnc(C2CCCCC2)n1C1CC1. The van der Waals surface area contributed by atoms with Gasteiger partial charge >= 0.3 is 0 Å². The smallest absolute Gasteiger partial charge is 0.136 e. The molecule has 0 aromatic carbocycles. The molecule has 3 heteroatoms. The lowest BCUT2D eigenvalue weighted by Crippen LogP contribution is -2.11. The topological polar surface area (TPSA) is 30.7 Å². The fourth-order valence-electron chi connectivity index (χ4n) is 2.54. The van der Waals surface area contributed by atoms with Crippen LogP contribution in [-0.4, -0.2) is 14.8 Å². The van der Waals surface area contributed by atoms with Crippen molar-refractivity contribution >= 4 is 0 Å². The van der Waals surface area contributed by atoms with Gasteiger partial charge in [-0.2, -0.15) is 0 Å². The van der Waals surface area contributed by atoms with E-state index in [9.17, 15) is 0 Å². The van der Waals surface area contributed by atoms with Gasteiger partial charge in [-0.25, -0.2) is 0 Å². The summed E-state index contributed by atoms with van der Waals surface area (Å²) in [5.74, 6) is 1.97. The summed E-state index contributed by atoms with van der Waals surface area (Å²) >= 11 is 0. The molecule has 0 atom stereocenters. The molecule has 3 nitrogen and oxygen atoms in total. The summed E-state index contributed by atoms with van der Waals surface area (Å²) in [6, 6.07) is 0.738. The molecule has 0 aliphatic heterocycles. The fourth-order valence-corrected chi connectivity index (χ4v) is 2.54. The van der Waals surface area contributed by atoms with E-state index < -0.39 is 0 Å². The largest absolute Gasteiger partial charge is 0.314 e. The van der Waals surface area contributed by atoms with Crippen LogP contribution in [0, 0.1) is 0 Å². The Morgan fingerprint density at radius 3 is 2.57 bits per heavy atom. The van der Waals surface area contributed by atoms with Crippen LogP contribution >= 0.6 is 0 Å². The Morgan fingerprint density at radius 2 is 1.86 bits per heavy atom. The third kappa shape index (κ3) is 1.45. The maximum atomic E-state index is 4.31. The molecule has 0 bridgehead atoms. The molecule has 0 amide bonds. The number of nitrogens with zero attached hydrogens (tertiary/aromatic N) is 3. The summed E-state index contributed by atoms with van der Waals surface area (Å²) in [6.07, 6.45) is 11.4. The zero-order valence-electron chi connectivity index (χ0n) is 8.52. The predicted octanol–water partition coefficient (Wildman–Crippen LogP) is 2.66. The van der Waals surface area contributed by atoms with Crippen LogP contribution in [0.3, 0.4) is 0 Å². The maximum absolute atomic E-state index is 4.31. The van der Waals surface area contributed by atoms with Crippen LogP contribution in [-0.2, 0) is 0 Å². The molecular formula is C11H17N3. The monoisotopic (exact) mass is 191 g/mol. The van der Waals surface area contributed by atoms with Gasteiger partial charge in [-0.1, -0.05) is 19.3 Å². The normalized spacial score (nSPS) is 24.0. The first kappa shape index (κ1) is 8.45. The van der Waals surface area contributed by atoms with Gasteiger partial charge in [-0.3, -0.25) is 0 Å². The van der Waals surface area contributed by atoms with Crippen molar-refractivity contribution in [3.8, 4) is 0 Å². The minimum absolute atomic E-state index is 0.701. The van der Waals surface area contributed by atoms with Crippen LogP contribution < -0.4 is 0 Å². The zero-order valence-corrected chi connectivity index (χ0v) is 8.52. The van der Waals surface area contributed by atoms with Gasteiger partial charge in [0.25, 0.3) is 0 Å². The van der Waals surface area contributed by atoms with Crippen LogP contribution in [0.25, 0.3) is 0 Å². The summed E-state index contributed by atoms with van der Waals surface area (Å²) in [6.45, 7) is 0. The van der Waals surface area contributed by atoms with Crippen LogP contribution in [0.1, 0.15) is 62.7 Å². The zero-order chi connectivity index (χ0) is 9.38. The minimum atomic E-state index is 0.701. The van der Waals surface area contributed by atoms with E-state index in [1.54, 1.807) is 0 Å². The molecule has 1 aromatic rings. The molecule has 2 fully saturated rings. The van der Waals surface area contributed by atoms with Crippen molar-refractivity contribution in [2.24, 2.45) is 0 Å². The van der Waals surface area contributed by atoms with Crippen LogP contribution in [0.4, 0.5) is 0 Å². The molecule has 3 rings (SSSR count). The lowest BCUT2D eigenvalue weighted by Gasteiger charge is -2.21. The number of rotatable bonds is 2. The van der Waals surface area contributed by atoms with Crippen molar-refractivity contribution in [3.63, 3.8) is 0 Å². The van der Waals surface area contributed by atoms with Gasteiger partial charge in [0.15, 0.2) is 0 Å². The van der Waals surface area contributed by atoms with Crippen molar-refractivity contribution in [1.29, 1.82) is 0 Å². The second-order valence-corrected chi connectivity index (χ2v) is 4.66. The second-order valence-electron chi connectivity index (χ2n) is 4.66. The van der Waals surface area contributed by atoms with Crippen LogP contribution in [0.5, 0.6) is 0 Å². The van der Waals surface area contributed by atoms with Crippen LogP contribution in [0.15, 0.2) is 6.33 Å². The highest BCUT2D eigenvalue weighted by Crippen LogP contribution is 2.39. The van der Waals surface area contributed by atoms with Gasteiger partial charge < -0.3 is 4.57 Å². The summed E-state index contributed by atoms with van der Waals surface area (Å²) in [5.41, 5.74) is 0. The Kier molecular flexibility index (Phi) is 2.03. The van der Waals surface area contributed by atoms with E-state index in [1.165, 1.54) is 50.8 Å². The molecule has 1 aromatic heterocycles. The summed E-state index contributed by atoms with van der Waals surface area (Å²) in [7, 11) is 0. The number of aromatic nitrogens is 3. The summed E-state index contributed by atoms with van der Waals surface area (Å²) in [4.78, 5) is 0. The Bertz CT molecular complexity index is 308. The first-order chi connectivity index (χ1) is 6.95. The Balaban J connectivity index is 1.82. The summed E-state index contributed by atoms with van der Waals surface area (Å²) in [5, 5.41) is 8.39. The molecule has 0 spiro atoms. The maximum Gasteiger partial charge on any atom is 0.136 e. The third-order valence-electron chi connectivity index (χ3n) is 3.51. The lowest BCUT2D eigenvalue weighted by molar-refractivity contribution is 0.415. The molecule has 14 heavy (non-hydrogen) atoms. The van der Waals surface area contributed by atoms with Crippen LogP contribution in [0.2, 0.25) is 0 Å². The average molecular weight is 191 g/mol. The van der Waals surface area contributed by atoms with E-state index in [1.807, 2.05) is 6.33 Å². The van der Waals surface area contributed by atoms with Gasteiger partial charge in [0.2, 0.25) is 0 Å². The molecule has 0 N–H and O–H groups in total. The van der Waals surface area contributed by atoms with Crippen molar-refractivity contribution in [2.45, 2.75) is 56.9 Å². The van der Waals surface area contributed by atoms with E-state index in [2.05, 4.69) is 14.8 Å². The molecule has 2 aliphatic rings. The number of hydrogen-bond acceptors (Lipinski definition) is 2. The highest BCUT2D eigenvalue weighted by molar-refractivity contribution is 5.02. The van der Waals surface area contributed by atoms with E-state index >= 15 is 0 Å². The van der Waals surface area contributed by atoms with Crippen molar-refractivity contribution in [1.82, 2.24) is 14.8 Å². The van der Waals surface area contributed by atoms with E-state index in [0.29, 0.717) is 5.92 Å². The quantitative estimate of drug-likeness (QED) is 0.719. The van der Waals surface area contributed by atoms with Crippen molar-refractivity contribution in [2.75, 3.05) is 0 Å². The van der Waals surface area contributed by atoms with E-state index in [-0.39, 0.29) is 0 Å². The highest BCUT2D eigenvalue weighted by Gasteiger charge is 2.29. The molecule has 0 unspecified atom stereocenters. The van der Waals surface area contributed by atoms with Crippen molar-refractivity contribution in [3.05, 3.63) is 12.2 Å². The molecule has 0 radical (unpaired) electrons.